The number of nitrogens with zero attached hydrogens (tertiary/aromatic N) is 1. The van der Waals surface area contributed by atoms with Gasteiger partial charge in [-0.25, -0.2) is 4.21 Å². The third-order valence-electron chi connectivity index (χ3n) is 3.51. The summed E-state index contributed by atoms with van der Waals surface area (Å²) in [5.41, 5.74) is 3.44. The summed E-state index contributed by atoms with van der Waals surface area (Å²) in [6.07, 6.45) is 9.38. The van der Waals surface area contributed by atoms with Crippen LogP contribution in [-0.2, 0) is 11.0 Å². The van der Waals surface area contributed by atoms with Gasteiger partial charge in [0.2, 0.25) is 0 Å². The Kier molecular flexibility index (Phi) is 2.47. The maximum Gasteiger partial charge on any atom is 0.152 e. The van der Waals surface area contributed by atoms with Gasteiger partial charge in [0.05, 0.1) is 16.4 Å². The second kappa shape index (κ2) is 3.88. The molecule has 0 radical (unpaired) electrons. The number of hydrogen-bond acceptors (Lipinski definition) is 2. The highest BCUT2D eigenvalue weighted by Gasteiger charge is 2.31. The van der Waals surface area contributed by atoms with Crippen molar-refractivity contribution >= 4 is 11.0 Å². The molecule has 0 fully saturated rings. The molecule has 0 spiro atoms. The molecule has 1 unspecified atom stereocenters. The highest BCUT2D eigenvalue weighted by atomic mass is 32.2. The third-order valence-corrected chi connectivity index (χ3v) is 4.96. The predicted octanol–water partition coefficient (Wildman–Crippen LogP) is 2.69. The van der Waals surface area contributed by atoms with Crippen LogP contribution in [0.4, 0.5) is 0 Å². The van der Waals surface area contributed by atoms with Crippen molar-refractivity contribution in [1.29, 1.82) is 0 Å². The van der Waals surface area contributed by atoms with E-state index in [0.717, 1.165) is 29.9 Å². The zero-order chi connectivity index (χ0) is 12.0. The van der Waals surface area contributed by atoms with Crippen LogP contribution in [0, 0.1) is 0 Å². The van der Waals surface area contributed by atoms with Crippen molar-refractivity contribution in [2.75, 3.05) is 7.05 Å². The molecule has 3 rings (SSSR count). The predicted molar refractivity (Wildman–Crippen MR) is 68.3 cm³/mol. The monoisotopic (exact) mass is 249 g/mol. The van der Waals surface area contributed by atoms with Crippen LogP contribution in [0.2, 0.25) is 0 Å². The van der Waals surface area contributed by atoms with Crippen LogP contribution in [0.1, 0.15) is 25.7 Å². The fourth-order valence-electron chi connectivity index (χ4n) is 2.63. The SMILES string of the molecule is CN1C2=C(CCC(O)=C2)C2=C(C=CCC2)S1=O. The molecule has 0 aromatic heterocycles. The Bertz CT molecular complexity index is 526. The van der Waals surface area contributed by atoms with Crippen LogP contribution in [-0.4, -0.2) is 20.7 Å². The molecule has 0 aromatic rings. The van der Waals surface area contributed by atoms with Gasteiger partial charge in [0.25, 0.3) is 0 Å². The van der Waals surface area contributed by atoms with Crippen molar-refractivity contribution in [3.05, 3.63) is 45.7 Å². The van der Waals surface area contributed by atoms with Gasteiger partial charge in [-0.15, -0.1) is 0 Å². The highest BCUT2D eigenvalue weighted by molar-refractivity contribution is 7.87. The normalized spacial score (nSPS) is 27.9. The lowest BCUT2D eigenvalue weighted by Crippen LogP contribution is -2.29. The summed E-state index contributed by atoms with van der Waals surface area (Å²) in [6.45, 7) is 0. The van der Waals surface area contributed by atoms with Gasteiger partial charge < -0.3 is 5.11 Å². The molecule has 1 N–H and O–H groups in total. The topological polar surface area (TPSA) is 40.5 Å². The fraction of sp³-hybridized carbons (Fsp3) is 0.385. The van der Waals surface area contributed by atoms with E-state index >= 15 is 0 Å². The minimum absolute atomic E-state index is 0.392. The summed E-state index contributed by atoms with van der Waals surface area (Å²) in [7, 11) is 0.704. The van der Waals surface area contributed by atoms with Gasteiger partial charge >= 0.3 is 0 Å². The number of hydrogen-bond donors (Lipinski definition) is 1. The van der Waals surface area contributed by atoms with E-state index in [4.69, 9.17) is 0 Å². The Labute approximate surface area is 103 Å². The van der Waals surface area contributed by atoms with Crippen LogP contribution in [0.3, 0.4) is 0 Å². The van der Waals surface area contributed by atoms with E-state index in [0.29, 0.717) is 12.2 Å². The van der Waals surface area contributed by atoms with Crippen LogP contribution in [0.15, 0.2) is 45.7 Å². The first-order valence-electron chi connectivity index (χ1n) is 5.87. The number of fused-ring (bicyclic) bond motifs is 1. The highest BCUT2D eigenvalue weighted by Crippen LogP contribution is 2.41. The first-order valence-corrected chi connectivity index (χ1v) is 6.97. The molecule has 0 saturated heterocycles. The molecule has 3 nitrogen and oxygen atoms in total. The van der Waals surface area contributed by atoms with E-state index in [9.17, 15) is 9.32 Å². The Morgan fingerprint density at radius 2 is 2.12 bits per heavy atom. The first-order chi connectivity index (χ1) is 8.18. The quantitative estimate of drug-likeness (QED) is 0.717. The van der Waals surface area contributed by atoms with E-state index in [2.05, 4.69) is 6.08 Å². The molecule has 17 heavy (non-hydrogen) atoms. The number of likely N-dealkylation sites (N-methyl/N-ethyl adjacent to an activating group) is 1. The first kappa shape index (κ1) is 10.8. The Hall–Kier alpha value is -1.29. The maximum atomic E-state index is 12.3. The molecule has 1 heterocycles. The number of allylic oxidation sites excluding steroid dienone is 6. The average molecular weight is 249 g/mol. The van der Waals surface area contributed by atoms with Crippen molar-refractivity contribution in [3.63, 3.8) is 0 Å². The second-order valence-corrected chi connectivity index (χ2v) is 6.02. The molecule has 0 aromatic carbocycles. The number of aliphatic hydroxyl groups excluding tert-OH is 1. The smallest absolute Gasteiger partial charge is 0.152 e. The molecule has 4 heteroatoms. The van der Waals surface area contributed by atoms with Gasteiger partial charge in [-0.05, 0) is 36.5 Å². The molecule has 1 atom stereocenters. The Balaban J connectivity index is 2.18. The van der Waals surface area contributed by atoms with E-state index < -0.39 is 11.0 Å². The zero-order valence-electron chi connectivity index (χ0n) is 9.77. The van der Waals surface area contributed by atoms with E-state index in [1.807, 2.05) is 13.1 Å². The summed E-state index contributed by atoms with van der Waals surface area (Å²) in [4.78, 5) is 0.951. The minimum Gasteiger partial charge on any atom is -0.512 e. The van der Waals surface area contributed by atoms with Gasteiger partial charge in [-0.1, -0.05) is 6.08 Å². The summed E-state index contributed by atoms with van der Waals surface area (Å²) in [5, 5.41) is 9.62. The molecule has 1 aliphatic heterocycles. The van der Waals surface area contributed by atoms with Gasteiger partial charge in [-0.2, -0.15) is 0 Å². The van der Waals surface area contributed by atoms with E-state index in [-0.39, 0.29) is 0 Å². The summed E-state index contributed by atoms with van der Waals surface area (Å²) >= 11 is 0. The number of aliphatic hydroxyl groups is 1. The van der Waals surface area contributed by atoms with Gasteiger partial charge in [0.1, 0.15) is 0 Å². The van der Waals surface area contributed by atoms with Crippen LogP contribution in [0.25, 0.3) is 0 Å². The average Bonchev–Trinajstić information content (AvgIpc) is 2.36. The van der Waals surface area contributed by atoms with Crippen LogP contribution >= 0.6 is 0 Å². The molecule has 0 bridgehead atoms. The third kappa shape index (κ3) is 1.59. The Morgan fingerprint density at radius 3 is 2.94 bits per heavy atom. The van der Waals surface area contributed by atoms with Crippen molar-refractivity contribution < 1.29 is 9.32 Å². The Morgan fingerprint density at radius 1 is 1.29 bits per heavy atom. The fourth-order valence-corrected chi connectivity index (χ4v) is 3.91. The lowest BCUT2D eigenvalue weighted by atomic mass is 9.89. The van der Waals surface area contributed by atoms with Crippen LogP contribution in [0.5, 0.6) is 0 Å². The lowest BCUT2D eigenvalue weighted by Gasteiger charge is -2.34. The lowest BCUT2D eigenvalue weighted by molar-refractivity contribution is 0.381. The summed E-state index contributed by atoms with van der Waals surface area (Å²) in [5.74, 6) is 0.392. The summed E-state index contributed by atoms with van der Waals surface area (Å²) in [6, 6.07) is 0. The van der Waals surface area contributed by atoms with Crippen molar-refractivity contribution in [3.8, 4) is 0 Å². The molecular formula is C13H15NO2S. The standard InChI is InChI=1S/C13H15NO2S/c1-14-12-8-9(15)6-7-10(12)11-4-2-3-5-13(11)17(14)16/h3,5,8,15H,2,4,6-7H2,1H3. The zero-order valence-corrected chi connectivity index (χ0v) is 10.6. The van der Waals surface area contributed by atoms with E-state index in [1.165, 1.54) is 11.1 Å². The maximum absolute atomic E-state index is 12.3. The molecule has 90 valence electrons. The van der Waals surface area contributed by atoms with Gasteiger partial charge in [0.15, 0.2) is 11.0 Å². The molecule has 0 amide bonds. The van der Waals surface area contributed by atoms with Crippen LogP contribution < -0.4 is 0 Å². The van der Waals surface area contributed by atoms with E-state index in [1.54, 1.807) is 10.4 Å². The minimum atomic E-state index is -1.12. The van der Waals surface area contributed by atoms with Crippen molar-refractivity contribution in [1.82, 2.24) is 4.31 Å². The summed E-state index contributed by atoms with van der Waals surface area (Å²) < 4.78 is 14.1. The largest absolute Gasteiger partial charge is 0.512 e. The molecular weight excluding hydrogens is 234 g/mol. The number of rotatable bonds is 0. The van der Waals surface area contributed by atoms with Crippen molar-refractivity contribution in [2.24, 2.45) is 0 Å². The molecule has 3 aliphatic rings. The molecule has 0 saturated carbocycles. The molecule has 2 aliphatic carbocycles. The van der Waals surface area contributed by atoms with Crippen molar-refractivity contribution in [2.45, 2.75) is 25.7 Å². The van der Waals surface area contributed by atoms with Gasteiger partial charge in [-0.3, -0.25) is 4.31 Å². The van der Waals surface area contributed by atoms with Gasteiger partial charge in [0, 0.05) is 19.5 Å². The second-order valence-electron chi connectivity index (χ2n) is 4.53.